The van der Waals surface area contributed by atoms with Gasteiger partial charge >= 0.3 is 48.6 Å². The van der Waals surface area contributed by atoms with E-state index < -0.39 is 111 Å². The van der Waals surface area contributed by atoms with Crippen molar-refractivity contribution in [2.45, 2.75) is 154 Å². The van der Waals surface area contributed by atoms with Gasteiger partial charge in [0.25, 0.3) is 6.10 Å². The van der Waals surface area contributed by atoms with E-state index in [-0.39, 0.29) is 24.7 Å². The van der Waals surface area contributed by atoms with Crippen molar-refractivity contribution in [3.63, 3.8) is 0 Å². The third kappa shape index (κ3) is 16.5. The molecule has 5 unspecified atom stereocenters. The van der Waals surface area contributed by atoms with Crippen molar-refractivity contribution < 1.29 is 87.1 Å². The number of esters is 4. The molecule has 1 rings (SSSR count). The largest absolute Gasteiger partial charge is 0.465 e. The van der Waals surface area contributed by atoms with Gasteiger partial charge in [-0.05, 0) is 61.6 Å². The first-order valence-corrected chi connectivity index (χ1v) is 22.7. The fourth-order valence-electron chi connectivity index (χ4n) is 6.69. The summed E-state index contributed by atoms with van der Waals surface area (Å²) in [6.07, 6.45) is -21.7. The Morgan fingerprint density at radius 2 is 1.33 bits per heavy atom. The molecule has 0 fully saturated rings. The molecule has 0 saturated heterocycles. The molecule has 5 atom stereocenters. The molecule has 9 nitrogen and oxygen atoms in total. The minimum absolute atomic E-state index is 0.0612. The van der Waals surface area contributed by atoms with Crippen molar-refractivity contribution in [3.05, 3.63) is 35.4 Å². The summed E-state index contributed by atoms with van der Waals surface area (Å²) in [6, 6.07) is 6.98. The van der Waals surface area contributed by atoms with Gasteiger partial charge in [-0.25, -0.2) is 8.78 Å². The fraction of sp³-hybridized carbons (Fsp3) is 0.750. The zero-order chi connectivity index (χ0) is 46.9. The van der Waals surface area contributed by atoms with Crippen LogP contribution < -0.4 is 0 Å². The minimum atomic E-state index is -6.20. The summed E-state index contributed by atoms with van der Waals surface area (Å²) in [5.41, 5.74) is -2.38. The van der Waals surface area contributed by atoms with Crippen LogP contribution >= 0.6 is 0 Å². The third-order valence-corrected chi connectivity index (χ3v) is 15.4. The van der Waals surface area contributed by atoms with E-state index in [1.807, 2.05) is 0 Å². The van der Waals surface area contributed by atoms with Crippen LogP contribution in [0, 0.1) is 17.3 Å². The Morgan fingerprint density at radius 1 is 0.800 bits per heavy atom. The van der Waals surface area contributed by atoms with E-state index in [1.54, 1.807) is 31.2 Å². The monoisotopic (exact) mass is 900 g/mol. The normalized spacial score (nSPS) is 16.6. The highest BCUT2D eigenvalue weighted by atomic mass is 28.3. The lowest BCUT2D eigenvalue weighted by Crippen LogP contribution is -2.49. The summed E-state index contributed by atoms with van der Waals surface area (Å²) in [4.78, 5) is 53.1. The number of carbonyl (C=O) groups is 4. The second kappa shape index (κ2) is 21.1. The summed E-state index contributed by atoms with van der Waals surface area (Å²) in [5.74, 6) is -16.4. The number of halogens is 10. The first-order chi connectivity index (χ1) is 27.0. The summed E-state index contributed by atoms with van der Waals surface area (Å²) in [5, 5.41) is 9.25. The number of hydrogen-bond acceptors (Lipinski definition) is 9. The molecular weight excluding hydrogens is 842 g/mol. The maximum atomic E-state index is 14.2. The number of alkyl halides is 10. The molecule has 0 amide bonds. The summed E-state index contributed by atoms with van der Waals surface area (Å²) in [7, 11) is -1.67. The maximum absolute atomic E-state index is 14.2. The van der Waals surface area contributed by atoms with Gasteiger partial charge in [0.15, 0.2) is 6.61 Å². The van der Waals surface area contributed by atoms with Crippen molar-refractivity contribution in [2.75, 3.05) is 19.8 Å². The van der Waals surface area contributed by atoms with Gasteiger partial charge in [-0.3, -0.25) is 19.2 Å². The highest BCUT2D eigenvalue weighted by Crippen LogP contribution is 2.45. The molecule has 0 radical (unpaired) electrons. The zero-order valence-corrected chi connectivity index (χ0v) is 36.6. The topological polar surface area (TPSA) is 125 Å². The van der Waals surface area contributed by atoms with E-state index in [4.69, 9.17) is 9.47 Å². The Kier molecular flexibility index (Phi) is 19.2. The van der Waals surface area contributed by atoms with Crippen LogP contribution in [0.2, 0.25) is 24.7 Å². The summed E-state index contributed by atoms with van der Waals surface area (Å²) < 4.78 is 153. The average Bonchev–Trinajstić information content (AvgIpc) is 3.08. The van der Waals surface area contributed by atoms with Gasteiger partial charge in [0.05, 0.1) is 23.9 Å². The lowest BCUT2D eigenvalue weighted by Gasteiger charge is -2.41. The van der Waals surface area contributed by atoms with Crippen LogP contribution in [0.4, 0.5) is 43.9 Å². The number of aliphatic hydroxyl groups is 1. The Morgan fingerprint density at radius 3 is 1.78 bits per heavy atom. The van der Waals surface area contributed by atoms with Crippen molar-refractivity contribution in [3.8, 4) is 0 Å². The quantitative estimate of drug-likeness (QED) is 0.0376. The molecule has 346 valence electrons. The maximum Gasteiger partial charge on any atom is 0.434 e. The van der Waals surface area contributed by atoms with Crippen LogP contribution in [0.1, 0.15) is 97.6 Å². The first kappa shape index (κ1) is 54.6. The first-order valence-electron chi connectivity index (χ1n) is 19.2. The van der Waals surface area contributed by atoms with Gasteiger partial charge in [-0.2, -0.15) is 35.1 Å². The molecule has 0 heterocycles. The van der Waals surface area contributed by atoms with Crippen molar-refractivity contribution in [2.24, 2.45) is 17.3 Å². The molecule has 1 N–H and O–H groups in total. The molecule has 1 aromatic rings. The zero-order valence-electron chi connectivity index (χ0n) is 35.6. The highest BCUT2D eigenvalue weighted by molar-refractivity contribution is 6.79. The van der Waals surface area contributed by atoms with E-state index in [2.05, 4.69) is 43.0 Å². The predicted molar refractivity (Wildman–Crippen MR) is 202 cm³/mol. The molecule has 0 spiro atoms. The van der Waals surface area contributed by atoms with E-state index in [0.717, 1.165) is 19.4 Å². The minimum Gasteiger partial charge on any atom is -0.465 e. The lowest BCUT2D eigenvalue weighted by molar-refractivity contribution is -0.314. The van der Waals surface area contributed by atoms with Crippen LogP contribution in [0.15, 0.2) is 24.3 Å². The predicted octanol–water partition coefficient (Wildman–Crippen LogP) is 10.00. The van der Waals surface area contributed by atoms with Crippen molar-refractivity contribution in [1.82, 2.24) is 0 Å². The average molecular weight is 901 g/mol. The molecule has 0 bridgehead atoms. The van der Waals surface area contributed by atoms with Gasteiger partial charge in [0.1, 0.15) is 5.60 Å². The van der Waals surface area contributed by atoms with Crippen molar-refractivity contribution in [1.29, 1.82) is 0 Å². The van der Waals surface area contributed by atoms with Crippen LogP contribution in [0.3, 0.4) is 0 Å². The van der Waals surface area contributed by atoms with E-state index in [0.29, 0.717) is 31.7 Å². The van der Waals surface area contributed by atoms with Crippen molar-refractivity contribution >= 4 is 32.0 Å². The molecule has 0 aromatic heterocycles. The van der Waals surface area contributed by atoms with Gasteiger partial charge in [0.2, 0.25) is 0 Å². The second-order valence-electron chi connectivity index (χ2n) is 17.6. The van der Waals surface area contributed by atoms with Gasteiger partial charge in [-0.1, -0.05) is 71.6 Å². The second-order valence-corrected chi connectivity index (χ2v) is 23.5. The number of rotatable bonds is 23. The van der Waals surface area contributed by atoms with Crippen LogP contribution in [0.5, 0.6) is 0 Å². The van der Waals surface area contributed by atoms with Crippen LogP contribution in [-0.2, 0) is 44.5 Å². The van der Waals surface area contributed by atoms with Gasteiger partial charge < -0.3 is 24.1 Å². The van der Waals surface area contributed by atoms with Crippen LogP contribution in [-0.4, -0.2) is 93.3 Å². The van der Waals surface area contributed by atoms with Crippen LogP contribution in [0.25, 0.3) is 0 Å². The Bertz CT molecular complexity index is 1560. The Hall–Kier alpha value is -3.42. The van der Waals surface area contributed by atoms with Gasteiger partial charge in [-0.15, -0.1) is 0 Å². The van der Waals surface area contributed by atoms with E-state index in [9.17, 15) is 68.2 Å². The van der Waals surface area contributed by atoms with Gasteiger partial charge in [0, 0.05) is 34.4 Å². The smallest absolute Gasteiger partial charge is 0.434 e. The number of aliphatic hydroxyl groups excluding tert-OH is 1. The lowest BCUT2D eigenvalue weighted by atomic mass is 9.69. The molecule has 60 heavy (non-hydrogen) atoms. The van der Waals surface area contributed by atoms with E-state index >= 15 is 0 Å². The molecule has 20 heteroatoms. The SMILES string of the molecule is CC(=O)OC(C)(CC(C(=O)OCC(F)(F)C(F)F)C(C)C(=O)OC(C(F)(F)F)C(F)(F)F)CC(C)(CC(C)c1ccc(CCO)cc1)C(=O)OCCCC(C)(C)[Si](C)(C)C. The van der Waals surface area contributed by atoms with E-state index in [1.165, 1.54) is 6.92 Å². The Balaban J connectivity index is 3.82. The fourth-order valence-corrected chi connectivity index (χ4v) is 7.61. The Labute approximate surface area is 345 Å². The number of carbonyl (C=O) groups excluding carboxylic acids is 4. The number of benzene rings is 1. The molecule has 1 aromatic carbocycles. The number of ether oxygens (including phenoxy) is 4. The molecule has 0 saturated carbocycles. The molecule has 0 aliphatic heterocycles. The molecule has 0 aliphatic rings. The summed E-state index contributed by atoms with van der Waals surface area (Å²) >= 11 is 0. The molecular formula is C40H58F10O9Si. The summed E-state index contributed by atoms with van der Waals surface area (Å²) in [6.45, 7) is 14.0. The highest BCUT2D eigenvalue weighted by Gasteiger charge is 2.60. The molecule has 0 aliphatic carbocycles. The third-order valence-electron chi connectivity index (χ3n) is 11.0. The standard InChI is InChI=1S/C40H58F10O9Si/c1-24(28-14-12-27(13-15-28)16-18-51)20-36(6,34(55)56-19-11-17-35(4,5)60(8,9)10)22-37(7,59-26(3)52)21-29(31(54)57-23-38(43,44)33(41)42)25(2)30(53)58-32(39(45,46)47)40(48,49)50/h12-15,24-25,29,32-33,51H,11,16-23H2,1-10H3. The number of hydrogen-bond donors (Lipinski definition) is 1.